The number of thiophene rings is 1. The van der Waals surface area contributed by atoms with Gasteiger partial charge in [0.25, 0.3) is 0 Å². The summed E-state index contributed by atoms with van der Waals surface area (Å²) in [6.45, 7) is 0. The highest BCUT2D eigenvalue weighted by Gasteiger charge is 2.22. The predicted molar refractivity (Wildman–Crippen MR) is 170 cm³/mol. The topological polar surface area (TPSA) is 25.8 Å². The van der Waals surface area contributed by atoms with Crippen LogP contribution in [-0.4, -0.2) is 9.97 Å². The Kier molecular flexibility index (Phi) is 5.40. The van der Waals surface area contributed by atoms with E-state index in [9.17, 15) is 0 Å². The third-order valence-corrected chi connectivity index (χ3v) is 10.6. The molecule has 3 heterocycles. The maximum atomic E-state index is 5.08. The first-order valence-corrected chi connectivity index (χ1v) is 15.2. The van der Waals surface area contributed by atoms with E-state index in [0.717, 1.165) is 21.0 Å². The Balaban J connectivity index is 1.47. The molecule has 8 rings (SSSR count). The van der Waals surface area contributed by atoms with Crippen molar-refractivity contribution >= 4 is 65.2 Å². The lowest BCUT2D eigenvalue weighted by Crippen LogP contribution is -1.87. The van der Waals surface area contributed by atoms with Gasteiger partial charge in [-0.2, -0.15) is 0 Å². The molecule has 184 valence electrons. The van der Waals surface area contributed by atoms with Crippen molar-refractivity contribution in [3.63, 3.8) is 0 Å². The SMILES string of the molecule is c1ccc(-c2cc3c(-c4nc5ccccc5s4)sc(-c4nc5ccccc5s4)c3cc2-c2ccccc2)cc1. The minimum atomic E-state index is 1.05. The molecular formula is C34H20N2S3. The maximum absolute atomic E-state index is 5.08. The number of nitrogens with zero attached hydrogens (tertiary/aromatic N) is 2. The van der Waals surface area contributed by atoms with E-state index in [1.807, 2.05) is 11.3 Å². The van der Waals surface area contributed by atoms with Crippen LogP contribution in [0.3, 0.4) is 0 Å². The van der Waals surface area contributed by atoms with Gasteiger partial charge < -0.3 is 0 Å². The molecule has 0 amide bonds. The molecule has 0 fully saturated rings. The van der Waals surface area contributed by atoms with Crippen LogP contribution < -0.4 is 0 Å². The first kappa shape index (κ1) is 22.8. The molecule has 0 aliphatic carbocycles. The van der Waals surface area contributed by atoms with E-state index in [0.29, 0.717) is 0 Å². The van der Waals surface area contributed by atoms with Crippen LogP contribution in [0.5, 0.6) is 0 Å². The summed E-state index contributed by atoms with van der Waals surface area (Å²) >= 11 is 5.34. The van der Waals surface area contributed by atoms with Gasteiger partial charge in [-0.05, 0) is 58.7 Å². The second-order valence-corrected chi connectivity index (χ2v) is 12.5. The minimum Gasteiger partial charge on any atom is -0.235 e. The summed E-state index contributed by atoms with van der Waals surface area (Å²) in [5.41, 5.74) is 6.97. The second kappa shape index (κ2) is 9.24. The molecule has 0 bridgehead atoms. The van der Waals surface area contributed by atoms with Gasteiger partial charge in [-0.1, -0.05) is 84.9 Å². The van der Waals surface area contributed by atoms with E-state index in [1.54, 1.807) is 22.7 Å². The Morgan fingerprint density at radius 3 is 1.26 bits per heavy atom. The summed E-state index contributed by atoms with van der Waals surface area (Å²) in [5, 5.41) is 4.58. The Morgan fingerprint density at radius 2 is 0.821 bits per heavy atom. The van der Waals surface area contributed by atoms with Gasteiger partial charge in [0, 0.05) is 10.8 Å². The molecule has 0 saturated carbocycles. The van der Waals surface area contributed by atoms with E-state index in [4.69, 9.17) is 9.97 Å². The van der Waals surface area contributed by atoms with Gasteiger partial charge in [-0.25, -0.2) is 9.97 Å². The lowest BCUT2D eigenvalue weighted by molar-refractivity contribution is 1.51. The highest BCUT2D eigenvalue weighted by Crippen LogP contribution is 2.50. The monoisotopic (exact) mass is 552 g/mol. The zero-order valence-electron chi connectivity index (χ0n) is 20.7. The van der Waals surface area contributed by atoms with Gasteiger partial charge in [0.1, 0.15) is 10.0 Å². The molecule has 2 nitrogen and oxygen atoms in total. The summed E-state index contributed by atoms with van der Waals surface area (Å²) in [7, 11) is 0. The number of aromatic nitrogens is 2. The number of rotatable bonds is 4. The zero-order chi connectivity index (χ0) is 25.8. The highest BCUT2D eigenvalue weighted by molar-refractivity contribution is 7.30. The molecule has 0 radical (unpaired) electrons. The minimum absolute atomic E-state index is 1.05. The molecule has 39 heavy (non-hydrogen) atoms. The Bertz CT molecular complexity index is 1900. The first-order chi connectivity index (χ1) is 19.3. The fraction of sp³-hybridized carbons (Fsp3) is 0. The molecule has 0 atom stereocenters. The van der Waals surface area contributed by atoms with Crippen molar-refractivity contribution in [3.8, 4) is 42.0 Å². The van der Waals surface area contributed by atoms with Crippen LogP contribution in [0.2, 0.25) is 0 Å². The fourth-order valence-corrected chi connectivity index (χ4v) is 8.52. The van der Waals surface area contributed by atoms with Crippen molar-refractivity contribution < 1.29 is 0 Å². The highest BCUT2D eigenvalue weighted by atomic mass is 32.1. The number of thiazole rings is 2. The van der Waals surface area contributed by atoms with E-state index >= 15 is 0 Å². The van der Waals surface area contributed by atoms with Crippen molar-refractivity contribution in [2.75, 3.05) is 0 Å². The average molecular weight is 553 g/mol. The summed E-state index contributed by atoms with van der Waals surface area (Å²) in [6.07, 6.45) is 0. The van der Waals surface area contributed by atoms with Crippen LogP contribution in [0.1, 0.15) is 0 Å². The summed E-state index contributed by atoms with van der Waals surface area (Å²) in [5.74, 6) is 0. The fourth-order valence-electron chi connectivity index (χ4n) is 5.16. The maximum Gasteiger partial charge on any atom is 0.135 e. The zero-order valence-corrected chi connectivity index (χ0v) is 23.1. The molecule has 5 aromatic carbocycles. The van der Waals surface area contributed by atoms with Crippen LogP contribution in [0.4, 0.5) is 0 Å². The van der Waals surface area contributed by atoms with Gasteiger partial charge >= 0.3 is 0 Å². The normalized spacial score (nSPS) is 11.6. The number of para-hydroxylation sites is 2. The van der Waals surface area contributed by atoms with Crippen LogP contribution in [0.25, 0.3) is 73.2 Å². The molecule has 0 aliphatic rings. The second-order valence-electron chi connectivity index (χ2n) is 9.41. The third-order valence-electron chi connectivity index (χ3n) is 7.00. The molecular weight excluding hydrogens is 533 g/mol. The smallest absolute Gasteiger partial charge is 0.135 e. The van der Waals surface area contributed by atoms with Gasteiger partial charge in [0.2, 0.25) is 0 Å². The largest absolute Gasteiger partial charge is 0.235 e. The van der Waals surface area contributed by atoms with Crippen LogP contribution in [0, 0.1) is 0 Å². The number of fused-ring (bicyclic) bond motifs is 3. The molecule has 0 saturated heterocycles. The van der Waals surface area contributed by atoms with E-state index in [1.165, 1.54) is 52.2 Å². The number of hydrogen-bond donors (Lipinski definition) is 0. The molecule has 0 spiro atoms. The molecule has 5 heteroatoms. The number of hydrogen-bond acceptors (Lipinski definition) is 5. The molecule has 0 unspecified atom stereocenters. The lowest BCUT2D eigenvalue weighted by Gasteiger charge is -2.12. The van der Waals surface area contributed by atoms with Gasteiger partial charge in [0.05, 0.1) is 30.2 Å². The molecule has 3 aromatic heterocycles. The standard InChI is InChI=1S/C34H20N2S3/c1-3-11-21(12-4-1)23-19-25-26(20-24(23)22-13-5-2-6-14-22)32(34-36-28-16-8-10-18-30(28)38-34)39-31(25)33-35-27-15-7-9-17-29(27)37-33/h1-20H. The van der Waals surface area contributed by atoms with Crippen molar-refractivity contribution in [2.45, 2.75) is 0 Å². The van der Waals surface area contributed by atoms with Crippen LogP contribution in [0.15, 0.2) is 121 Å². The van der Waals surface area contributed by atoms with Crippen LogP contribution >= 0.6 is 34.0 Å². The molecule has 0 aliphatic heterocycles. The van der Waals surface area contributed by atoms with Gasteiger partial charge in [-0.3, -0.25) is 0 Å². The van der Waals surface area contributed by atoms with Crippen molar-refractivity contribution in [1.82, 2.24) is 9.97 Å². The Labute approximate surface area is 237 Å². The van der Waals surface area contributed by atoms with Gasteiger partial charge in [-0.15, -0.1) is 34.0 Å². The predicted octanol–water partition coefficient (Wildman–Crippen LogP) is 10.8. The Morgan fingerprint density at radius 1 is 0.410 bits per heavy atom. The van der Waals surface area contributed by atoms with Gasteiger partial charge in [0.15, 0.2) is 0 Å². The average Bonchev–Trinajstić information content (AvgIpc) is 3.72. The van der Waals surface area contributed by atoms with Crippen molar-refractivity contribution in [3.05, 3.63) is 121 Å². The lowest BCUT2D eigenvalue weighted by atomic mass is 9.91. The molecule has 0 N–H and O–H groups in total. The first-order valence-electron chi connectivity index (χ1n) is 12.7. The van der Waals surface area contributed by atoms with Crippen LogP contribution in [-0.2, 0) is 0 Å². The summed E-state index contributed by atoms with van der Waals surface area (Å²) < 4.78 is 2.42. The van der Waals surface area contributed by atoms with E-state index < -0.39 is 0 Å². The van der Waals surface area contributed by atoms with E-state index in [2.05, 4.69) is 121 Å². The third kappa shape index (κ3) is 3.90. The summed E-state index contributed by atoms with van der Waals surface area (Å²) in [4.78, 5) is 12.6. The number of benzene rings is 5. The molecule has 8 aromatic rings. The van der Waals surface area contributed by atoms with Crippen molar-refractivity contribution in [2.24, 2.45) is 0 Å². The Hall–Kier alpha value is -4.16. The summed E-state index contributed by atoms with van der Waals surface area (Å²) in [6, 6.07) is 43.0. The quantitative estimate of drug-likeness (QED) is 0.217. The van der Waals surface area contributed by atoms with Crippen molar-refractivity contribution in [1.29, 1.82) is 0 Å². The van der Waals surface area contributed by atoms with E-state index in [-0.39, 0.29) is 0 Å².